The maximum atomic E-state index is 4.88. The van der Waals surface area contributed by atoms with E-state index in [-0.39, 0.29) is 0 Å². The van der Waals surface area contributed by atoms with Crippen molar-refractivity contribution in [3.05, 3.63) is 0 Å². The fraction of sp³-hybridized carbons (Fsp3) is 1.00. The van der Waals surface area contributed by atoms with Crippen LogP contribution in [0.15, 0.2) is 0 Å². The second kappa shape index (κ2) is 7.32. The van der Waals surface area contributed by atoms with Crippen LogP contribution >= 0.6 is 11.9 Å². The number of hydrogen-bond donors (Lipinski definition) is 0. The molecule has 0 N–H and O–H groups in total. The Labute approximate surface area is 67.6 Å². The van der Waals surface area contributed by atoms with Crippen molar-refractivity contribution in [2.24, 2.45) is 5.92 Å². The quantitative estimate of drug-likeness (QED) is 0.446. The van der Waals surface area contributed by atoms with E-state index in [0.717, 1.165) is 6.42 Å². The lowest BCUT2D eigenvalue weighted by Gasteiger charge is -2.10. The van der Waals surface area contributed by atoms with E-state index in [1.165, 1.54) is 12.8 Å². The molecule has 10 heavy (non-hydrogen) atoms. The molecule has 62 valence electrons. The average Bonchev–Trinajstić information content (AvgIpc) is 1.98. The molecule has 0 rings (SSSR count). The third-order valence-corrected chi connectivity index (χ3v) is 1.71. The third kappa shape index (κ3) is 5.03. The lowest BCUT2D eigenvalue weighted by molar-refractivity contribution is -0.213. The molecule has 0 saturated heterocycles. The minimum atomic E-state index is 0.587. The molecular weight excluding hydrogens is 152 g/mol. The summed E-state index contributed by atoms with van der Waals surface area (Å²) in [5, 5.41) is 0. The van der Waals surface area contributed by atoms with E-state index in [2.05, 4.69) is 23.2 Å². The number of rotatable bonds is 6. The zero-order valence-electron chi connectivity index (χ0n) is 6.60. The van der Waals surface area contributed by atoms with E-state index >= 15 is 0 Å². The molecule has 1 atom stereocenters. The summed E-state index contributed by atoms with van der Waals surface area (Å²) in [6.45, 7) is 4.90. The highest BCUT2D eigenvalue weighted by Gasteiger charge is 2.04. The van der Waals surface area contributed by atoms with E-state index in [1.54, 1.807) is 0 Å². The van der Waals surface area contributed by atoms with Crippen LogP contribution in [-0.2, 0) is 9.33 Å². The van der Waals surface area contributed by atoms with Crippen LogP contribution < -0.4 is 0 Å². The van der Waals surface area contributed by atoms with Crippen LogP contribution in [-0.4, -0.2) is 6.61 Å². The first-order valence-corrected chi connectivity index (χ1v) is 4.06. The smallest absolute Gasteiger partial charge is 0.0999 e. The standard InChI is InChI=1S/C7H15ClO2/c1-3-5-7(4-2)6-9-10-8/h7H,3-6H2,1-2H3. The van der Waals surface area contributed by atoms with E-state index in [1.807, 2.05) is 0 Å². The molecule has 0 fully saturated rings. The molecule has 0 aromatic heterocycles. The average molecular weight is 167 g/mol. The van der Waals surface area contributed by atoms with Gasteiger partial charge in [0.15, 0.2) is 0 Å². The van der Waals surface area contributed by atoms with Crippen molar-refractivity contribution in [2.75, 3.05) is 6.61 Å². The second-order valence-electron chi connectivity index (χ2n) is 2.41. The van der Waals surface area contributed by atoms with Crippen molar-refractivity contribution < 1.29 is 9.33 Å². The van der Waals surface area contributed by atoms with Gasteiger partial charge in [0, 0.05) is 0 Å². The van der Waals surface area contributed by atoms with Gasteiger partial charge < -0.3 is 0 Å². The first-order chi connectivity index (χ1) is 4.85. The molecule has 3 heteroatoms. The molecule has 0 amide bonds. The van der Waals surface area contributed by atoms with Crippen molar-refractivity contribution >= 4 is 11.9 Å². The monoisotopic (exact) mass is 166 g/mol. The molecule has 0 aliphatic carbocycles. The Kier molecular flexibility index (Phi) is 7.47. The Morgan fingerprint density at radius 3 is 2.50 bits per heavy atom. The van der Waals surface area contributed by atoms with Gasteiger partial charge in [-0.05, 0) is 12.3 Å². The van der Waals surface area contributed by atoms with Crippen LogP contribution in [0.5, 0.6) is 0 Å². The molecule has 0 aliphatic heterocycles. The molecule has 0 heterocycles. The molecule has 1 unspecified atom stereocenters. The van der Waals surface area contributed by atoms with Gasteiger partial charge in [0.2, 0.25) is 0 Å². The molecule has 0 bridgehead atoms. The Morgan fingerprint density at radius 1 is 1.40 bits per heavy atom. The molecule has 2 nitrogen and oxygen atoms in total. The maximum Gasteiger partial charge on any atom is 0.0999 e. The summed E-state index contributed by atoms with van der Waals surface area (Å²) in [5.41, 5.74) is 0. The van der Waals surface area contributed by atoms with Crippen molar-refractivity contribution in [3.63, 3.8) is 0 Å². The van der Waals surface area contributed by atoms with Crippen LogP contribution in [0.4, 0.5) is 0 Å². The van der Waals surface area contributed by atoms with Crippen LogP contribution in [0.1, 0.15) is 33.1 Å². The molecular formula is C7H15ClO2. The Balaban J connectivity index is 3.21. The van der Waals surface area contributed by atoms with Crippen molar-refractivity contribution in [3.8, 4) is 0 Å². The lowest BCUT2D eigenvalue weighted by Crippen LogP contribution is -2.06. The van der Waals surface area contributed by atoms with Gasteiger partial charge in [0.05, 0.1) is 18.5 Å². The first-order valence-electron chi connectivity index (χ1n) is 3.75. The SMILES string of the molecule is CCCC(CC)COOCl. The first kappa shape index (κ1) is 10.2. The lowest BCUT2D eigenvalue weighted by atomic mass is 10.0. The minimum absolute atomic E-state index is 0.587. The van der Waals surface area contributed by atoms with Gasteiger partial charge in [0.1, 0.15) is 0 Å². The summed E-state index contributed by atoms with van der Waals surface area (Å²) in [7, 11) is 0. The van der Waals surface area contributed by atoms with Gasteiger partial charge in [-0.2, -0.15) is 0 Å². The number of halogens is 1. The Morgan fingerprint density at radius 2 is 2.10 bits per heavy atom. The van der Waals surface area contributed by atoms with E-state index in [9.17, 15) is 0 Å². The van der Waals surface area contributed by atoms with Gasteiger partial charge in [-0.15, -0.1) is 4.44 Å². The van der Waals surface area contributed by atoms with Gasteiger partial charge in [-0.3, -0.25) is 0 Å². The summed E-state index contributed by atoms with van der Waals surface area (Å²) >= 11 is 4.88. The topological polar surface area (TPSA) is 18.5 Å². The van der Waals surface area contributed by atoms with Crippen molar-refractivity contribution in [1.29, 1.82) is 0 Å². The summed E-state index contributed by atoms with van der Waals surface area (Å²) in [6, 6.07) is 0. The van der Waals surface area contributed by atoms with E-state index < -0.39 is 0 Å². The van der Waals surface area contributed by atoms with Crippen LogP contribution in [0.2, 0.25) is 0 Å². The molecule has 0 radical (unpaired) electrons. The van der Waals surface area contributed by atoms with E-state index in [0.29, 0.717) is 12.5 Å². The van der Waals surface area contributed by atoms with Crippen molar-refractivity contribution in [2.45, 2.75) is 33.1 Å². The Hall–Kier alpha value is 0.210. The highest BCUT2D eigenvalue weighted by atomic mass is 35.5. The highest BCUT2D eigenvalue weighted by Crippen LogP contribution is 2.10. The third-order valence-electron chi connectivity index (χ3n) is 1.62. The van der Waals surface area contributed by atoms with Gasteiger partial charge >= 0.3 is 0 Å². The van der Waals surface area contributed by atoms with Gasteiger partial charge in [-0.25, -0.2) is 4.89 Å². The van der Waals surface area contributed by atoms with Crippen LogP contribution in [0.25, 0.3) is 0 Å². The fourth-order valence-corrected chi connectivity index (χ4v) is 0.987. The second-order valence-corrected chi connectivity index (χ2v) is 2.54. The predicted molar refractivity (Wildman–Crippen MR) is 41.6 cm³/mol. The predicted octanol–water partition coefficient (Wildman–Crippen LogP) is 2.91. The molecule has 0 aromatic carbocycles. The largest absolute Gasteiger partial charge is 0.218 e. The summed E-state index contributed by atoms with van der Waals surface area (Å²) in [5.74, 6) is 0.587. The van der Waals surface area contributed by atoms with Crippen molar-refractivity contribution in [1.82, 2.24) is 0 Å². The summed E-state index contributed by atoms with van der Waals surface area (Å²) in [4.78, 5) is 4.60. The maximum absolute atomic E-state index is 4.88. The molecule has 0 saturated carbocycles. The van der Waals surface area contributed by atoms with Crippen LogP contribution in [0.3, 0.4) is 0 Å². The molecule has 0 spiro atoms. The molecule has 0 aromatic rings. The van der Waals surface area contributed by atoms with Crippen LogP contribution in [0, 0.1) is 5.92 Å². The molecule has 0 aliphatic rings. The minimum Gasteiger partial charge on any atom is -0.218 e. The zero-order chi connectivity index (χ0) is 7.82. The fourth-order valence-electron chi connectivity index (χ4n) is 0.935. The Bertz CT molecular complexity index is 68.6. The number of hydrogen-bond acceptors (Lipinski definition) is 2. The van der Waals surface area contributed by atoms with E-state index in [4.69, 9.17) is 11.9 Å². The highest BCUT2D eigenvalue weighted by molar-refractivity contribution is 6.06. The summed E-state index contributed by atoms with van der Waals surface area (Å²) < 4.78 is 3.99. The normalized spacial score (nSPS) is 13.5. The summed E-state index contributed by atoms with van der Waals surface area (Å²) in [6.07, 6.45) is 3.48. The zero-order valence-corrected chi connectivity index (χ0v) is 7.36. The van der Waals surface area contributed by atoms with Gasteiger partial charge in [0.25, 0.3) is 0 Å². The van der Waals surface area contributed by atoms with Gasteiger partial charge in [-0.1, -0.05) is 26.7 Å².